The molecule has 9 heteroatoms. The van der Waals surface area contributed by atoms with Crippen molar-refractivity contribution < 1.29 is 18.8 Å². The number of benzene rings is 2. The van der Waals surface area contributed by atoms with Gasteiger partial charge in [0, 0.05) is 64.4 Å². The Morgan fingerprint density at radius 1 is 1.08 bits per heavy atom. The molecule has 1 aromatic heterocycles. The van der Waals surface area contributed by atoms with Gasteiger partial charge in [-0.2, -0.15) is 0 Å². The fraction of sp³-hybridized carbons (Fsp3) is 0.370. The van der Waals surface area contributed by atoms with E-state index in [0.717, 1.165) is 5.56 Å². The molecule has 0 N–H and O–H groups in total. The summed E-state index contributed by atoms with van der Waals surface area (Å²) in [6, 6.07) is 9.78. The molecule has 0 aliphatic carbocycles. The summed E-state index contributed by atoms with van der Waals surface area (Å²) in [5.41, 5.74) is 2.22. The third kappa shape index (κ3) is 4.75. The molecule has 1 aliphatic heterocycles. The zero-order chi connectivity index (χ0) is 26.3. The van der Waals surface area contributed by atoms with Crippen molar-refractivity contribution >= 4 is 40.1 Å². The maximum Gasteiger partial charge on any atom is 0.294 e. The number of aryl methyl sites for hydroxylation is 1. The van der Waals surface area contributed by atoms with Gasteiger partial charge in [-0.25, -0.2) is 4.39 Å². The number of amides is 2. The molecule has 0 saturated carbocycles. The lowest BCUT2D eigenvalue weighted by molar-refractivity contribution is -0.124. The van der Waals surface area contributed by atoms with Crippen molar-refractivity contribution in [2.24, 2.45) is 7.05 Å². The van der Waals surface area contributed by atoms with Gasteiger partial charge < -0.3 is 14.4 Å². The second-order valence-corrected chi connectivity index (χ2v) is 10.0. The minimum Gasteiger partial charge on any atom is -0.350 e. The summed E-state index contributed by atoms with van der Waals surface area (Å²) < 4.78 is 15.0. The first kappa shape index (κ1) is 25.9. The molecule has 2 amide bonds. The first-order valence-electron chi connectivity index (χ1n) is 11.8. The summed E-state index contributed by atoms with van der Waals surface area (Å²) in [7, 11) is 4.81. The Morgan fingerprint density at radius 2 is 1.75 bits per heavy atom. The minimum absolute atomic E-state index is 0.0809. The van der Waals surface area contributed by atoms with Crippen molar-refractivity contribution in [2.45, 2.75) is 25.9 Å². The number of aromatic nitrogens is 1. The van der Waals surface area contributed by atoms with E-state index in [-0.39, 0.29) is 29.4 Å². The molecule has 36 heavy (non-hydrogen) atoms. The van der Waals surface area contributed by atoms with Gasteiger partial charge in [-0.1, -0.05) is 23.7 Å². The Hall–Kier alpha value is -3.23. The standard InChI is InChI=1S/C27H30ClFN4O3/c1-16-14-32(17(2)18-6-8-19(29)9-7-18)10-11-33(16)26(35)21-12-20-22(25(34)27(36)30(3)4)15-31(5)24(20)13-23(21)28/h6-9,12-13,15-17H,10-11,14H2,1-5H3. The first-order chi connectivity index (χ1) is 17.0. The van der Waals surface area contributed by atoms with E-state index < -0.39 is 11.7 Å². The molecule has 1 fully saturated rings. The predicted octanol–water partition coefficient (Wildman–Crippen LogP) is 4.15. The van der Waals surface area contributed by atoms with Gasteiger partial charge in [-0.15, -0.1) is 0 Å². The molecule has 0 spiro atoms. The highest BCUT2D eigenvalue weighted by molar-refractivity contribution is 6.45. The molecule has 2 heterocycles. The molecular formula is C27H30ClFN4O3. The lowest BCUT2D eigenvalue weighted by Gasteiger charge is -2.42. The number of rotatable bonds is 5. The van der Waals surface area contributed by atoms with E-state index in [4.69, 9.17) is 11.6 Å². The van der Waals surface area contributed by atoms with Gasteiger partial charge in [-0.3, -0.25) is 19.3 Å². The molecule has 2 atom stereocenters. The van der Waals surface area contributed by atoms with Crippen LogP contribution in [0.25, 0.3) is 10.9 Å². The second-order valence-electron chi connectivity index (χ2n) is 9.60. The van der Waals surface area contributed by atoms with E-state index in [1.165, 1.54) is 31.1 Å². The molecule has 0 bridgehead atoms. The number of halogens is 2. The molecule has 1 saturated heterocycles. The third-order valence-corrected chi connectivity index (χ3v) is 7.29. The van der Waals surface area contributed by atoms with Crippen molar-refractivity contribution in [1.82, 2.24) is 19.3 Å². The maximum absolute atomic E-state index is 13.6. The molecule has 190 valence electrons. The van der Waals surface area contributed by atoms with E-state index in [9.17, 15) is 18.8 Å². The van der Waals surface area contributed by atoms with Crippen molar-refractivity contribution in [2.75, 3.05) is 33.7 Å². The number of Topliss-reactive ketones (excluding diaryl/α,β-unsaturated/α-hetero) is 1. The van der Waals surface area contributed by atoms with Crippen molar-refractivity contribution in [3.63, 3.8) is 0 Å². The molecule has 1 aliphatic rings. The molecule has 2 unspecified atom stereocenters. The van der Waals surface area contributed by atoms with Gasteiger partial charge in [0.15, 0.2) is 0 Å². The number of hydrogen-bond acceptors (Lipinski definition) is 4. The minimum atomic E-state index is -0.636. The van der Waals surface area contributed by atoms with Crippen LogP contribution in [0.1, 0.15) is 46.2 Å². The zero-order valence-electron chi connectivity index (χ0n) is 21.1. The van der Waals surface area contributed by atoms with Crippen LogP contribution in [0, 0.1) is 5.82 Å². The van der Waals surface area contributed by atoms with E-state index >= 15 is 0 Å². The third-order valence-electron chi connectivity index (χ3n) is 6.97. The van der Waals surface area contributed by atoms with Crippen LogP contribution in [0.15, 0.2) is 42.6 Å². The molecule has 0 radical (unpaired) electrons. The average Bonchev–Trinajstić information content (AvgIpc) is 3.17. The summed E-state index contributed by atoms with van der Waals surface area (Å²) in [6.07, 6.45) is 1.59. The van der Waals surface area contributed by atoms with Crippen molar-refractivity contribution in [3.8, 4) is 0 Å². The summed E-state index contributed by atoms with van der Waals surface area (Å²) in [5.74, 6) is -1.75. The molecule has 7 nitrogen and oxygen atoms in total. The normalized spacial score (nSPS) is 17.3. The Bertz CT molecular complexity index is 1340. The van der Waals surface area contributed by atoms with Crippen molar-refractivity contribution in [3.05, 3.63) is 70.1 Å². The highest BCUT2D eigenvalue weighted by Crippen LogP contribution is 2.31. The average molecular weight is 513 g/mol. The van der Waals surface area contributed by atoms with E-state index in [0.29, 0.717) is 41.1 Å². The van der Waals surface area contributed by atoms with Crippen LogP contribution < -0.4 is 0 Å². The largest absolute Gasteiger partial charge is 0.350 e. The number of fused-ring (bicyclic) bond motifs is 1. The van der Waals surface area contributed by atoms with Gasteiger partial charge in [0.25, 0.3) is 17.6 Å². The predicted molar refractivity (Wildman–Crippen MR) is 138 cm³/mol. The topological polar surface area (TPSA) is 65.9 Å². The summed E-state index contributed by atoms with van der Waals surface area (Å²) in [5, 5.41) is 0.808. The lowest BCUT2D eigenvalue weighted by atomic mass is 10.0. The molecule has 4 rings (SSSR count). The monoisotopic (exact) mass is 512 g/mol. The van der Waals surface area contributed by atoms with Gasteiger partial charge in [-0.05, 0) is 43.7 Å². The first-order valence-corrected chi connectivity index (χ1v) is 12.2. The van der Waals surface area contributed by atoms with Gasteiger partial charge >= 0.3 is 0 Å². The second kappa shape index (κ2) is 10.0. The van der Waals surface area contributed by atoms with Crippen LogP contribution >= 0.6 is 11.6 Å². The zero-order valence-corrected chi connectivity index (χ0v) is 21.8. The van der Waals surface area contributed by atoms with Crippen molar-refractivity contribution in [1.29, 1.82) is 0 Å². The number of likely N-dealkylation sites (N-methyl/N-ethyl adjacent to an activating group) is 1. The number of carbonyl (C=O) groups is 3. The highest BCUT2D eigenvalue weighted by atomic mass is 35.5. The number of carbonyl (C=O) groups excluding carboxylic acids is 3. The fourth-order valence-corrected chi connectivity index (χ4v) is 5.05. The number of nitrogens with zero attached hydrogens (tertiary/aromatic N) is 4. The SMILES string of the molecule is CC(c1ccc(F)cc1)N1CCN(C(=O)c2cc3c(C(=O)C(=O)N(C)C)cn(C)c3cc2Cl)C(C)C1. The summed E-state index contributed by atoms with van der Waals surface area (Å²) in [4.78, 5) is 44.0. The van der Waals surface area contributed by atoms with Crippen LogP contribution in [-0.4, -0.2) is 76.6 Å². The van der Waals surface area contributed by atoms with Crippen LogP contribution in [-0.2, 0) is 11.8 Å². The highest BCUT2D eigenvalue weighted by Gasteiger charge is 2.32. The van der Waals surface area contributed by atoms with Crippen LogP contribution in [0.2, 0.25) is 5.02 Å². The number of hydrogen-bond donors (Lipinski definition) is 0. The quantitative estimate of drug-likeness (QED) is 0.380. The summed E-state index contributed by atoms with van der Waals surface area (Å²) >= 11 is 6.55. The molecular weight excluding hydrogens is 483 g/mol. The van der Waals surface area contributed by atoms with Crippen LogP contribution in [0.4, 0.5) is 4.39 Å². The number of piperazine rings is 1. The molecule has 2 aromatic carbocycles. The Balaban J connectivity index is 1.59. The smallest absolute Gasteiger partial charge is 0.294 e. The molecule has 3 aromatic rings. The maximum atomic E-state index is 13.6. The van der Waals surface area contributed by atoms with E-state index in [1.807, 2.05) is 6.92 Å². The van der Waals surface area contributed by atoms with E-state index in [2.05, 4.69) is 11.8 Å². The van der Waals surface area contributed by atoms with Crippen LogP contribution in [0.5, 0.6) is 0 Å². The Morgan fingerprint density at radius 3 is 2.36 bits per heavy atom. The fourth-order valence-electron chi connectivity index (χ4n) is 4.81. The van der Waals surface area contributed by atoms with Gasteiger partial charge in [0.05, 0.1) is 21.7 Å². The van der Waals surface area contributed by atoms with E-state index in [1.54, 1.807) is 47.0 Å². The summed E-state index contributed by atoms with van der Waals surface area (Å²) in [6.45, 7) is 5.86. The number of ketones is 1. The van der Waals surface area contributed by atoms with Gasteiger partial charge in [0.2, 0.25) is 0 Å². The Labute approximate surface area is 215 Å². The Kier molecular flexibility index (Phi) is 7.20. The lowest BCUT2D eigenvalue weighted by Crippen LogP contribution is -2.54. The van der Waals surface area contributed by atoms with Gasteiger partial charge in [0.1, 0.15) is 5.82 Å². The van der Waals surface area contributed by atoms with Crippen LogP contribution in [0.3, 0.4) is 0 Å².